The maximum absolute atomic E-state index is 13.1. The smallest absolute Gasteiger partial charge is 0.251 e. The number of carbonyl (C=O) groups excluding carboxylic acids is 1. The Morgan fingerprint density at radius 1 is 1.00 bits per heavy atom. The molecule has 2 N–H and O–H groups in total. The standard InChI is InChI=1S/C35H42ClN7O4S/c1-47-33-12-10-28(23-39-33)37-14-15-38-35(44)27-8-5-7-25(21-27)29-22-26(9-11-31(29)36)34-30-24-42(48(2,45)46)20-13-32(30)43(40-34)19-6-18-41-16-3-4-17-41/h5,7-12,21-23,37H,3-4,6,13-20,24H2,1-2H3,(H,38,44). The molecular weight excluding hydrogens is 650 g/mol. The lowest BCUT2D eigenvalue weighted by Gasteiger charge is -2.26. The van der Waals surface area contributed by atoms with Crippen molar-refractivity contribution in [1.82, 2.24) is 29.3 Å². The van der Waals surface area contributed by atoms with Gasteiger partial charge < -0.3 is 20.3 Å². The van der Waals surface area contributed by atoms with Crippen LogP contribution in [0.2, 0.25) is 5.02 Å². The monoisotopic (exact) mass is 691 g/mol. The highest BCUT2D eigenvalue weighted by Crippen LogP contribution is 2.36. The molecule has 13 heteroatoms. The quantitative estimate of drug-likeness (QED) is 0.190. The molecule has 4 heterocycles. The molecular formula is C35H42ClN7O4S. The molecule has 2 aromatic carbocycles. The Labute approximate surface area is 287 Å². The Hall–Kier alpha value is -3.97. The largest absolute Gasteiger partial charge is 0.481 e. The van der Waals surface area contributed by atoms with Gasteiger partial charge in [0.05, 0.1) is 30.9 Å². The normalized spacial score (nSPS) is 15.3. The van der Waals surface area contributed by atoms with E-state index in [1.807, 2.05) is 42.5 Å². The van der Waals surface area contributed by atoms with E-state index in [-0.39, 0.29) is 12.5 Å². The molecule has 254 valence electrons. The van der Waals surface area contributed by atoms with E-state index >= 15 is 0 Å². The summed E-state index contributed by atoms with van der Waals surface area (Å²) in [7, 11) is -1.79. The minimum atomic E-state index is -3.36. The third kappa shape index (κ3) is 8.00. The van der Waals surface area contributed by atoms with Crippen LogP contribution < -0.4 is 15.4 Å². The number of sulfonamides is 1. The third-order valence-corrected chi connectivity index (χ3v) is 10.6. The number of aromatic nitrogens is 3. The number of aryl methyl sites for hydroxylation is 1. The van der Waals surface area contributed by atoms with Crippen molar-refractivity contribution in [2.75, 3.05) is 58.0 Å². The summed E-state index contributed by atoms with van der Waals surface area (Å²) in [6, 6.07) is 16.8. The number of anilines is 1. The molecule has 11 nitrogen and oxygen atoms in total. The topological polar surface area (TPSA) is 122 Å². The minimum absolute atomic E-state index is 0.193. The van der Waals surface area contributed by atoms with Crippen molar-refractivity contribution >= 4 is 33.2 Å². The van der Waals surface area contributed by atoms with E-state index in [2.05, 4.69) is 25.2 Å². The van der Waals surface area contributed by atoms with Crippen molar-refractivity contribution in [3.63, 3.8) is 0 Å². The maximum Gasteiger partial charge on any atom is 0.251 e. The number of likely N-dealkylation sites (tertiary alicyclic amines) is 1. The molecule has 0 bridgehead atoms. The van der Waals surface area contributed by atoms with Crippen molar-refractivity contribution in [2.45, 2.75) is 38.8 Å². The molecule has 4 aromatic rings. The zero-order valence-electron chi connectivity index (χ0n) is 27.4. The highest BCUT2D eigenvalue weighted by Gasteiger charge is 2.30. The number of methoxy groups -OCH3 is 1. The molecule has 2 aliphatic heterocycles. The van der Waals surface area contributed by atoms with Crippen LogP contribution in [0.1, 0.15) is 40.9 Å². The molecule has 1 saturated heterocycles. The fraction of sp³-hybridized carbons (Fsp3) is 0.400. The summed E-state index contributed by atoms with van der Waals surface area (Å²) in [4.78, 5) is 19.7. The van der Waals surface area contributed by atoms with Gasteiger partial charge in [0.25, 0.3) is 5.91 Å². The van der Waals surface area contributed by atoms with Gasteiger partial charge in [0.15, 0.2) is 0 Å². The Balaban J connectivity index is 1.20. The minimum Gasteiger partial charge on any atom is -0.481 e. The summed E-state index contributed by atoms with van der Waals surface area (Å²) in [6.07, 6.45) is 7.06. The Morgan fingerprint density at radius 2 is 1.83 bits per heavy atom. The van der Waals surface area contributed by atoms with Gasteiger partial charge in [-0.3, -0.25) is 9.48 Å². The van der Waals surface area contributed by atoms with Gasteiger partial charge in [-0.05, 0) is 74.8 Å². The zero-order chi connectivity index (χ0) is 33.7. The van der Waals surface area contributed by atoms with Gasteiger partial charge in [0.1, 0.15) is 0 Å². The van der Waals surface area contributed by atoms with Crippen molar-refractivity contribution < 1.29 is 17.9 Å². The van der Waals surface area contributed by atoms with Crippen LogP contribution in [0.3, 0.4) is 0 Å². The maximum atomic E-state index is 13.1. The fourth-order valence-corrected chi connectivity index (χ4v) is 7.44. The van der Waals surface area contributed by atoms with Crippen molar-refractivity contribution in [1.29, 1.82) is 0 Å². The zero-order valence-corrected chi connectivity index (χ0v) is 29.0. The molecule has 1 amide bonds. The van der Waals surface area contributed by atoms with Crippen LogP contribution in [0.4, 0.5) is 5.69 Å². The second-order valence-electron chi connectivity index (χ2n) is 12.3. The molecule has 1 fully saturated rings. The highest BCUT2D eigenvalue weighted by molar-refractivity contribution is 7.88. The lowest BCUT2D eigenvalue weighted by atomic mass is 9.97. The Morgan fingerprint density at radius 3 is 2.58 bits per heavy atom. The number of benzene rings is 2. The van der Waals surface area contributed by atoms with E-state index in [1.54, 1.807) is 25.4 Å². The van der Waals surface area contributed by atoms with E-state index < -0.39 is 10.0 Å². The number of hydrogen-bond acceptors (Lipinski definition) is 8. The second kappa shape index (κ2) is 15.1. The molecule has 0 spiro atoms. The van der Waals surface area contributed by atoms with Crippen LogP contribution in [-0.4, -0.2) is 90.9 Å². The Bertz CT molecular complexity index is 1860. The average molecular weight is 692 g/mol. The number of fused-ring (bicyclic) bond motifs is 1. The summed E-state index contributed by atoms with van der Waals surface area (Å²) < 4.78 is 33.8. The summed E-state index contributed by atoms with van der Waals surface area (Å²) >= 11 is 6.75. The summed E-state index contributed by atoms with van der Waals surface area (Å²) in [5.74, 6) is 0.344. The molecule has 6 rings (SSSR count). The summed E-state index contributed by atoms with van der Waals surface area (Å²) in [6.45, 7) is 5.79. The number of halogens is 1. The molecule has 2 aliphatic rings. The van der Waals surface area contributed by atoms with Crippen LogP contribution in [-0.2, 0) is 29.5 Å². The lowest BCUT2D eigenvalue weighted by Crippen LogP contribution is -2.35. The van der Waals surface area contributed by atoms with Gasteiger partial charge in [-0.2, -0.15) is 9.40 Å². The first kappa shape index (κ1) is 33.9. The van der Waals surface area contributed by atoms with E-state index in [4.69, 9.17) is 21.4 Å². The second-order valence-corrected chi connectivity index (χ2v) is 14.7. The molecule has 0 atom stereocenters. The molecule has 0 radical (unpaired) electrons. The van der Waals surface area contributed by atoms with Gasteiger partial charge >= 0.3 is 0 Å². The van der Waals surface area contributed by atoms with Crippen molar-refractivity contribution in [2.24, 2.45) is 0 Å². The van der Waals surface area contributed by atoms with Gasteiger partial charge in [-0.25, -0.2) is 13.4 Å². The van der Waals surface area contributed by atoms with Crippen molar-refractivity contribution in [3.8, 4) is 28.3 Å². The van der Waals surface area contributed by atoms with Crippen LogP contribution in [0.25, 0.3) is 22.4 Å². The van der Waals surface area contributed by atoms with E-state index in [9.17, 15) is 13.2 Å². The lowest BCUT2D eigenvalue weighted by molar-refractivity contribution is 0.0955. The van der Waals surface area contributed by atoms with Crippen LogP contribution >= 0.6 is 11.6 Å². The highest BCUT2D eigenvalue weighted by atomic mass is 35.5. The molecule has 0 unspecified atom stereocenters. The third-order valence-electron chi connectivity index (χ3n) is 8.97. The number of nitrogens with one attached hydrogen (secondary N) is 2. The van der Waals surface area contributed by atoms with Crippen LogP contribution in [0, 0.1) is 0 Å². The van der Waals surface area contributed by atoms with Gasteiger partial charge in [0.2, 0.25) is 15.9 Å². The van der Waals surface area contributed by atoms with E-state index in [0.717, 1.165) is 71.9 Å². The first-order valence-corrected chi connectivity index (χ1v) is 18.6. The van der Waals surface area contributed by atoms with Crippen LogP contribution in [0.15, 0.2) is 60.8 Å². The number of carbonyl (C=O) groups is 1. The van der Waals surface area contributed by atoms with Crippen LogP contribution in [0.5, 0.6) is 5.88 Å². The first-order chi connectivity index (χ1) is 23.2. The fourth-order valence-electron chi connectivity index (χ4n) is 6.43. The van der Waals surface area contributed by atoms with Crippen molar-refractivity contribution in [3.05, 3.63) is 82.6 Å². The summed E-state index contributed by atoms with van der Waals surface area (Å²) in [5, 5.41) is 11.8. The SMILES string of the molecule is COc1ccc(NCCNC(=O)c2cccc(-c3cc(-c4nn(CCCN5CCCC5)c5c4CN(S(C)(=O)=O)CC5)ccc3Cl)c2)cn1. The molecule has 0 aliphatic carbocycles. The summed E-state index contributed by atoms with van der Waals surface area (Å²) in [5.41, 5.74) is 6.58. The molecule has 0 saturated carbocycles. The number of hydrogen-bond donors (Lipinski definition) is 2. The number of rotatable bonds is 13. The number of nitrogens with zero attached hydrogens (tertiary/aromatic N) is 5. The average Bonchev–Trinajstić information content (AvgIpc) is 3.75. The number of amides is 1. The van der Waals surface area contributed by atoms with Gasteiger partial charge in [-0.1, -0.05) is 29.8 Å². The molecule has 2 aromatic heterocycles. The molecule has 48 heavy (non-hydrogen) atoms. The number of ether oxygens (including phenoxy) is 1. The first-order valence-electron chi connectivity index (χ1n) is 16.4. The predicted molar refractivity (Wildman–Crippen MR) is 189 cm³/mol. The predicted octanol–water partition coefficient (Wildman–Crippen LogP) is 4.92. The van der Waals surface area contributed by atoms with Gasteiger partial charge in [-0.15, -0.1) is 0 Å². The van der Waals surface area contributed by atoms with Gasteiger partial charge in [0, 0.05) is 78.2 Å². The number of pyridine rings is 1. The van der Waals surface area contributed by atoms with E-state index in [0.29, 0.717) is 42.5 Å². The Kier molecular flexibility index (Phi) is 10.6. The van der Waals surface area contributed by atoms with E-state index in [1.165, 1.54) is 23.4 Å².